The highest BCUT2D eigenvalue weighted by molar-refractivity contribution is 6.30. The van der Waals surface area contributed by atoms with Crippen molar-refractivity contribution >= 4 is 17.5 Å². The Hall–Kier alpha value is -2.20. The zero-order valence-electron chi connectivity index (χ0n) is 14.2. The number of likely N-dealkylation sites (N-methyl/N-ethyl adjacent to an activating group) is 1. The van der Waals surface area contributed by atoms with Crippen LogP contribution in [-0.4, -0.2) is 31.1 Å². The Labute approximate surface area is 147 Å². The largest absolute Gasteiger partial charge is 0.496 e. The molecule has 24 heavy (non-hydrogen) atoms. The van der Waals surface area contributed by atoms with Crippen molar-refractivity contribution in [2.45, 2.75) is 26.0 Å². The van der Waals surface area contributed by atoms with Crippen LogP contribution in [0.4, 0.5) is 0 Å². The lowest BCUT2D eigenvalue weighted by Gasteiger charge is -2.24. The summed E-state index contributed by atoms with van der Waals surface area (Å²) in [5.41, 5.74) is 0.952. The van der Waals surface area contributed by atoms with Crippen LogP contribution < -0.4 is 9.47 Å². The van der Waals surface area contributed by atoms with Gasteiger partial charge in [-0.1, -0.05) is 42.8 Å². The van der Waals surface area contributed by atoms with Crippen LogP contribution in [0.1, 0.15) is 18.9 Å². The van der Waals surface area contributed by atoms with Gasteiger partial charge < -0.3 is 14.4 Å². The Bertz CT molecular complexity index is 690. The number of benzene rings is 2. The molecule has 0 N–H and O–H groups in total. The van der Waals surface area contributed by atoms with E-state index in [0.29, 0.717) is 23.7 Å². The van der Waals surface area contributed by atoms with Gasteiger partial charge in [-0.05, 0) is 30.7 Å². The first-order valence-corrected chi connectivity index (χ1v) is 8.22. The quantitative estimate of drug-likeness (QED) is 0.754. The van der Waals surface area contributed by atoms with Gasteiger partial charge in [0, 0.05) is 24.2 Å². The van der Waals surface area contributed by atoms with Crippen molar-refractivity contribution in [2.24, 2.45) is 0 Å². The van der Waals surface area contributed by atoms with Crippen LogP contribution in [0, 0.1) is 0 Å². The fourth-order valence-corrected chi connectivity index (χ4v) is 2.61. The average Bonchev–Trinajstić information content (AvgIpc) is 2.59. The maximum atomic E-state index is 12.7. The molecule has 5 heteroatoms. The van der Waals surface area contributed by atoms with E-state index in [2.05, 4.69) is 0 Å². The van der Waals surface area contributed by atoms with Crippen LogP contribution in [-0.2, 0) is 11.3 Å². The lowest BCUT2D eigenvalue weighted by Crippen LogP contribution is -2.39. The van der Waals surface area contributed by atoms with E-state index in [1.165, 1.54) is 0 Å². The molecule has 0 unspecified atom stereocenters. The van der Waals surface area contributed by atoms with Crippen LogP contribution in [0.25, 0.3) is 0 Å². The number of halogens is 1. The molecular weight excluding hydrogens is 326 g/mol. The molecule has 1 amide bonds. The molecule has 0 bridgehead atoms. The monoisotopic (exact) mass is 347 g/mol. The van der Waals surface area contributed by atoms with Crippen molar-refractivity contribution in [3.05, 3.63) is 59.1 Å². The molecule has 0 aromatic heterocycles. The van der Waals surface area contributed by atoms with Crippen LogP contribution >= 0.6 is 11.6 Å². The summed E-state index contributed by atoms with van der Waals surface area (Å²) in [5.74, 6) is 1.28. The minimum absolute atomic E-state index is 0.0802. The van der Waals surface area contributed by atoms with Crippen molar-refractivity contribution in [3.8, 4) is 11.5 Å². The summed E-state index contributed by atoms with van der Waals surface area (Å²) in [5, 5.41) is 0.581. The highest BCUT2D eigenvalue weighted by atomic mass is 35.5. The number of ether oxygens (including phenoxy) is 2. The number of hydrogen-bond donors (Lipinski definition) is 0. The van der Waals surface area contributed by atoms with Gasteiger partial charge in [0.25, 0.3) is 5.91 Å². The predicted molar refractivity (Wildman–Crippen MR) is 95.6 cm³/mol. The number of carbonyl (C=O) groups is 1. The van der Waals surface area contributed by atoms with Gasteiger partial charge >= 0.3 is 0 Å². The molecule has 2 rings (SSSR count). The van der Waals surface area contributed by atoms with E-state index >= 15 is 0 Å². The van der Waals surface area contributed by atoms with Gasteiger partial charge in [-0.2, -0.15) is 0 Å². The number of amides is 1. The third-order valence-electron chi connectivity index (χ3n) is 3.70. The zero-order valence-corrected chi connectivity index (χ0v) is 14.9. The van der Waals surface area contributed by atoms with E-state index < -0.39 is 6.10 Å². The van der Waals surface area contributed by atoms with Crippen molar-refractivity contribution in [2.75, 3.05) is 14.2 Å². The summed E-state index contributed by atoms with van der Waals surface area (Å²) >= 11 is 5.97. The normalized spacial score (nSPS) is 11.7. The molecule has 0 fully saturated rings. The average molecular weight is 348 g/mol. The summed E-state index contributed by atoms with van der Waals surface area (Å²) in [6.07, 6.45) is 0.0184. The number of methoxy groups -OCH3 is 1. The highest BCUT2D eigenvalue weighted by Gasteiger charge is 2.23. The van der Waals surface area contributed by atoms with E-state index in [1.807, 2.05) is 31.2 Å². The van der Waals surface area contributed by atoms with Crippen molar-refractivity contribution in [1.29, 1.82) is 0 Å². The standard InChI is InChI=1S/C19H22ClNO3/c1-4-17(24-16-10-7-9-15(20)12-16)19(22)21(2)13-14-8-5-6-11-18(14)23-3/h5-12,17H,4,13H2,1-3H3/t17-/m0/s1. The van der Waals surface area contributed by atoms with E-state index in [0.717, 1.165) is 11.3 Å². The number of para-hydroxylation sites is 1. The predicted octanol–water partition coefficient (Wildman–Crippen LogP) is 4.16. The van der Waals surface area contributed by atoms with Gasteiger partial charge in [-0.3, -0.25) is 4.79 Å². The third kappa shape index (κ3) is 4.65. The van der Waals surface area contributed by atoms with Crippen molar-refractivity contribution in [3.63, 3.8) is 0 Å². The maximum absolute atomic E-state index is 12.7. The lowest BCUT2D eigenvalue weighted by molar-refractivity contribution is -0.138. The maximum Gasteiger partial charge on any atom is 0.263 e. The van der Waals surface area contributed by atoms with Gasteiger partial charge in [0.15, 0.2) is 6.10 Å². The molecule has 2 aromatic rings. The van der Waals surface area contributed by atoms with Gasteiger partial charge in [-0.25, -0.2) is 0 Å². The molecule has 0 aliphatic heterocycles. The van der Waals surface area contributed by atoms with E-state index in [9.17, 15) is 4.79 Å². The van der Waals surface area contributed by atoms with Crippen LogP contribution in [0.3, 0.4) is 0 Å². The molecule has 0 aliphatic carbocycles. The van der Waals surface area contributed by atoms with Crippen LogP contribution in [0.5, 0.6) is 11.5 Å². The number of hydrogen-bond acceptors (Lipinski definition) is 3. The lowest BCUT2D eigenvalue weighted by atomic mass is 10.1. The molecule has 0 radical (unpaired) electrons. The molecule has 0 saturated heterocycles. The van der Waals surface area contributed by atoms with Gasteiger partial charge in [0.05, 0.1) is 7.11 Å². The summed E-state index contributed by atoms with van der Waals surface area (Å²) in [6, 6.07) is 14.7. The Morgan fingerprint density at radius 1 is 1.21 bits per heavy atom. The van der Waals surface area contributed by atoms with E-state index in [1.54, 1.807) is 43.3 Å². The van der Waals surface area contributed by atoms with Gasteiger partial charge in [0.2, 0.25) is 0 Å². The number of rotatable bonds is 7. The Morgan fingerprint density at radius 3 is 2.62 bits per heavy atom. The first kappa shape index (κ1) is 18.1. The second kappa shape index (κ2) is 8.60. The molecular formula is C19H22ClNO3. The van der Waals surface area contributed by atoms with E-state index in [4.69, 9.17) is 21.1 Å². The molecule has 4 nitrogen and oxygen atoms in total. The first-order valence-electron chi connectivity index (χ1n) is 7.84. The molecule has 0 saturated carbocycles. The van der Waals surface area contributed by atoms with E-state index in [-0.39, 0.29) is 5.91 Å². The SMILES string of the molecule is CC[C@H](Oc1cccc(Cl)c1)C(=O)N(C)Cc1ccccc1OC. The van der Waals surface area contributed by atoms with Gasteiger partial charge in [0.1, 0.15) is 11.5 Å². The summed E-state index contributed by atoms with van der Waals surface area (Å²) in [6.45, 7) is 2.38. The summed E-state index contributed by atoms with van der Waals surface area (Å²) in [7, 11) is 3.39. The Morgan fingerprint density at radius 2 is 1.96 bits per heavy atom. The molecule has 2 aromatic carbocycles. The second-order valence-electron chi connectivity index (χ2n) is 5.48. The Kier molecular flexibility index (Phi) is 6.50. The molecule has 1 atom stereocenters. The molecule has 128 valence electrons. The number of carbonyl (C=O) groups excluding carboxylic acids is 1. The smallest absolute Gasteiger partial charge is 0.263 e. The fraction of sp³-hybridized carbons (Fsp3) is 0.316. The fourth-order valence-electron chi connectivity index (χ4n) is 2.43. The number of nitrogens with zero attached hydrogens (tertiary/aromatic N) is 1. The topological polar surface area (TPSA) is 38.8 Å². The first-order chi connectivity index (χ1) is 11.5. The second-order valence-corrected chi connectivity index (χ2v) is 5.91. The molecule has 0 spiro atoms. The zero-order chi connectivity index (χ0) is 17.5. The van der Waals surface area contributed by atoms with Crippen molar-refractivity contribution in [1.82, 2.24) is 4.90 Å². The third-order valence-corrected chi connectivity index (χ3v) is 3.93. The summed E-state index contributed by atoms with van der Waals surface area (Å²) in [4.78, 5) is 14.3. The molecule has 0 heterocycles. The Balaban J connectivity index is 2.07. The highest BCUT2D eigenvalue weighted by Crippen LogP contribution is 2.22. The van der Waals surface area contributed by atoms with Gasteiger partial charge in [-0.15, -0.1) is 0 Å². The van der Waals surface area contributed by atoms with Crippen LogP contribution in [0.2, 0.25) is 5.02 Å². The van der Waals surface area contributed by atoms with Crippen LogP contribution in [0.15, 0.2) is 48.5 Å². The van der Waals surface area contributed by atoms with Crippen molar-refractivity contribution < 1.29 is 14.3 Å². The molecule has 0 aliphatic rings. The minimum Gasteiger partial charge on any atom is -0.496 e. The summed E-state index contributed by atoms with van der Waals surface area (Å²) < 4.78 is 11.2. The minimum atomic E-state index is -0.553.